The Morgan fingerprint density at radius 2 is 1.69 bits per heavy atom. The Labute approximate surface area is 169 Å². The van der Waals surface area contributed by atoms with Gasteiger partial charge in [0, 0.05) is 11.3 Å². The number of carbonyl (C=O) groups is 2. The Morgan fingerprint density at radius 1 is 1.03 bits per heavy atom. The summed E-state index contributed by atoms with van der Waals surface area (Å²) >= 11 is 0. The van der Waals surface area contributed by atoms with Crippen LogP contribution in [0.5, 0.6) is 0 Å². The van der Waals surface area contributed by atoms with Gasteiger partial charge in [-0.25, -0.2) is 14.6 Å². The van der Waals surface area contributed by atoms with E-state index in [2.05, 4.69) is 15.6 Å². The van der Waals surface area contributed by atoms with Crippen molar-refractivity contribution in [3.63, 3.8) is 0 Å². The van der Waals surface area contributed by atoms with Crippen LogP contribution in [0.4, 0.5) is 10.5 Å². The molecule has 0 aliphatic rings. The molecular weight excluding hydrogens is 370 g/mol. The van der Waals surface area contributed by atoms with Crippen LogP contribution in [-0.4, -0.2) is 23.0 Å². The molecule has 0 saturated carbocycles. The van der Waals surface area contributed by atoms with Gasteiger partial charge in [-0.3, -0.25) is 0 Å². The van der Waals surface area contributed by atoms with Gasteiger partial charge in [0.1, 0.15) is 6.04 Å². The van der Waals surface area contributed by atoms with Gasteiger partial charge in [-0.1, -0.05) is 62.4 Å². The number of nitrogens with one attached hydrogen (secondary N) is 2. The van der Waals surface area contributed by atoms with Crippen molar-refractivity contribution in [2.45, 2.75) is 26.5 Å². The topological polar surface area (TPSA) is 93.5 Å². The molecule has 1 heterocycles. The third kappa shape index (κ3) is 5.68. The predicted molar refractivity (Wildman–Crippen MR) is 109 cm³/mol. The van der Waals surface area contributed by atoms with Gasteiger partial charge in [0.2, 0.25) is 5.89 Å². The van der Waals surface area contributed by atoms with Gasteiger partial charge in [0.05, 0.1) is 6.20 Å². The molecule has 2 amide bonds. The summed E-state index contributed by atoms with van der Waals surface area (Å²) in [5, 5.41) is 5.35. The maximum Gasteiger partial charge on any atom is 0.329 e. The van der Waals surface area contributed by atoms with Crippen molar-refractivity contribution in [2.75, 3.05) is 5.32 Å². The minimum atomic E-state index is -0.803. The van der Waals surface area contributed by atoms with E-state index >= 15 is 0 Å². The summed E-state index contributed by atoms with van der Waals surface area (Å²) in [7, 11) is 0. The van der Waals surface area contributed by atoms with Crippen LogP contribution in [0.25, 0.3) is 11.3 Å². The second-order valence-electron chi connectivity index (χ2n) is 6.78. The Bertz CT molecular complexity index is 939. The number of carbonyl (C=O) groups excluding carboxylic acids is 2. The van der Waals surface area contributed by atoms with Gasteiger partial charge in [-0.2, -0.15) is 0 Å². The Morgan fingerprint density at radius 3 is 2.34 bits per heavy atom. The Kier molecular flexibility index (Phi) is 6.63. The zero-order chi connectivity index (χ0) is 20.6. The van der Waals surface area contributed by atoms with Crippen molar-refractivity contribution >= 4 is 17.7 Å². The summed E-state index contributed by atoms with van der Waals surface area (Å²) in [6, 6.07) is 17.2. The monoisotopic (exact) mass is 393 g/mol. The normalized spacial score (nSPS) is 11.7. The van der Waals surface area contributed by atoms with Gasteiger partial charge in [0.25, 0.3) is 0 Å². The number of ether oxygens (including phenoxy) is 1. The fourth-order valence-electron chi connectivity index (χ4n) is 2.66. The second-order valence-corrected chi connectivity index (χ2v) is 6.78. The maximum absolute atomic E-state index is 12.5. The van der Waals surface area contributed by atoms with E-state index in [0.717, 1.165) is 5.56 Å². The molecule has 1 atom stereocenters. The molecule has 0 radical (unpaired) electrons. The average Bonchev–Trinajstić information content (AvgIpc) is 3.20. The van der Waals surface area contributed by atoms with Crippen molar-refractivity contribution in [3.05, 3.63) is 72.8 Å². The minimum absolute atomic E-state index is 0.114. The van der Waals surface area contributed by atoms with Crippen LogP contribution in [0.3, 0.4) is 0 Å². The van der Waals surface area contributed by atoms with Crippen LogP contribution < -0.4 is 10.6 Å². The van der Waals surface area contributed by atoms with E-state index in [9.17, 15) is 9.59 Å². The Hall–Kier alpha value is -3.61. The molecule has 2 aromatic carbocycles. The SMILES string of the molecule is CC(C)[C@@H](NC(=O)Nc1ccccc1)C(=O)OCc1ncc(-c2ccccc2)o1. The highest BCUT2D eigenvalue weighted by atomic mass is 16.5. The summed E-state index contributed by atoms with van der Waals surface area (Å²) in [6.45, 7) is 3.54. The van der Waals surface area contributed by atoms with Gasteiger partial charge in [-0.05, 0) is 18.1 Å². The number of hydrogen-bond donors (Lipinski definition) is 2. The van der Waals surface area contributed by atoms with Crippen LogP contribution in [0, 0.1) is 5.92 Å². The van der Waals surface area contributed by atoms with E-state index in [1.54, 1.807) is 18.3 Å². The number of aromatic nitrogens is 1. The van der Waals surface area contributed by atoms with Crippen LogP contribution in [0.1, 0.15) is 19.7 Å². The largest absolute Gasteiger partial charge is 0.454 e. The number of oxazole rings is 1. The summed E-state index contributed by atoms with van der Waals surface area (Å²) in [5.74, 6) is 0.169. The molecular formula is C22H23N3O4. The highest BCUT2D eigenvalue weighted by Crippen LogP contribution is 2.20. The molecule has 2 N–H and O–H groups in total. The molecule has 0 unspecified atom stereocenters. The zero-order valence-electron chi connectivity index (χ0n) is 16.3. The summed E-state index contributed by atoms with van der Waals surface area (Å²) in [4.78, 5) is 28.8. The van der Waals surface area contributed by atoms with E-state index in [1.807, 2.05) is 62.4 Å². The molecule has 0 aliphatic carbocycles. The first-order valence-corrected chi connectivity index (χ1v) is 9.32. The number of para-hydroxylation sites is 1. The standard InChI is InChI=1S/C22H23N3O4/c1-15(2)20(25-22(27)24-17-11-7-4-8-12-17)21(26)28-14-19-23-13-18(29-19)16-9-5-3-6-10-16/h3-13,15,20H,14H2,1-2H3,(H2,24,25,27)/t20-/m1/s1. The lowest BCUT2D eigenvalue weighted by Gasteiger charge is -2.20. The molecule has 0 bridgehead atoms. The number of benzene rings is 2. The second kappa shape index (κ2) is 9.54. The van der Waals surface area contributed by atoms with Crippen molar-refractivity contribution in [1.29, 1.82) is 0 Å². The van der Waals surface area contributed by atoms with E-state index in [1.165, 1.54) is 0 Å². The highest BCUT2D eigenvalue weighted by Gasteiger charge is 2.26. The molecule has 0 spiro atoms. The maximum atomic E-state index is 12.5. The predicted octanol–water partition coefficient (Wildman–Crippen LogP) is 4.23. The lowest BCUT2D eigenvalue weighted by atomic mass is 10.1. The number of urea groups is 1. The molecule has 3 rings (SSSR count). The number of esters is 1. The minimum Gasteiger partial charge on any atom is -0.454 e. The fraction of sp³-hybridized carbons (Fsp3) is 0.227. The van der Waals surface area contributed by atoms with E-state index in [0.29, 0.717) is 11.4 Å². The van der Waals surface area contributed by atoms with Crippen LogP contribution in [0.15, 0.2) is 71.3 Å². The lowest BCUT2D eigenvalue weighted by Crippen LogP contribution is -2.47. The van der Waals surface area contributed by atoms with E-state index in [4.69, 9.17) is 9.15 Å². The Balaban J connectivity index is 1.56. The summed E-state index contributed by atoms with van der Waals surface area (Å²) < 4.78 is 10.9. The van der Waals surface area contributed by atoms with Crippen LogP contribution >= 0.6 is 0 Å². The molecule has 0 saturated heterocycles. The molecule has 150 valence electrons. The number of rotatable bonds is 7. The van der Waals surface area contributed by atoms with Crippen molar-refractivity contribution < 1.29 is 18.7 Å². The zero-order valence-corrected chi connectivity index (χ0v) is 16.3. The molecule has 0 aliphatic heterocycles. The first kappa shape index (κ1) is 20.1. The number of hydrogen-bond acceptors (Lipinski definition) is 5. The smallest absolute Gasteiger partial charge is 0.329 e. The average molecular weight is 393 g/mol. The van der Waals surface area contributed by atoms with Gasteiger partial charge in [0.15, 0.2) is 12.4 Å². The van der Waals surface area contributed by atoms with Crippen LogP contribution in [-0.2, 0) is 16.1 Å². The number of amides is 2. The van der Waals surface area contributed by atoms with Gasteiger partial charge in [-0.15, -0.1) is 0 Å². The molecule has 29 heavy (non-hydrogen) atoms. The number of anilines is 1. The van der Waals surface area contributed by atoms with Crippen molar-refractivity contribution in [2.24, 2.45) is 5.92 Å². The third-order valence-electron chi connectivity index (χ3n) is 4.19. The van der Waals surface area contributed by atoms with E-state index < -0.39 is 18.0 Å². The molecule has 1 aromatic heterocycles. The first-order valence-electron chi connectivity index (χ1n) is 9.32. The van der Waals surface area contributed by atoms with E-state index in [-0.39, 0.29) is 18.4 Å². The summed E-state index contributed by atoms with van der Waals surface area (Å²) in [5.41, 5.74) is 1.52. The highest BCUT2D eigenvalue weighted by molar-refractivity contribution is 5.92. The summed E-state index contributed by atoms with van der Waals surface area (Å²) in [6.07, 6.45) is 1.59. The van der Waals surface area contributed by atoms with Crippen molar-refractivity contribution in [3.8, 4) is 11.3 Å². The molecule has 0 fully saturated rings. The van der Waals surface area contributed by atoms with Crippen LogP contribution in [0.2, 0.25) is 0 Å². The third-order valence-corrected chi connectivity index (χ3v) is 4.19. The quantitative estimate of drug-likeness (QED) is 0.586. The fourth-order valence-corrected chi connectivity index (χ4v) is 2.66. The first-order chi connectivity index (χ1) is 14.0. The molecule has 7 heteroatoms. The van der Waals surface area contributed by atoms with Crippen molar-refractivity contribution in [1.82, 2.24) is 10.3 Å². The van der Waals surface area contributed by atoms with Gasteiger partial charge >= 0.3 is 12.0 Å². The number of nitrogens with zero attached hydrogens (tertiary/aromatic N) is 1. The molecule has 3 aromatic rings. The van der Waals surface area contributed by atoms with Gasteiger partial charge < -0.3 is 19.8 Å². The molecule has 7 nitrogen and oxygen atoms in total. The lowest BCUT2D eigenvalue weighted by molar-refractivity contribution is -0.149.